The number of hydrogen-bond acceptors (Lipinski definition) is 3. The molecule has 5 nitrogen and oxygen atoms in total. The molecule has 0 saturated heterocycles. The molecule has 3 rings (SSSR count). The van der Waals surface area contributed by atoms with Crippen LogP contribution < -0.4 is 5.32 Å². The number of aromatic nitrogens is 3. The van der Waals surface area contributed by atoms with Crippen molar-refractivity contribution in [2.24, 2.45) is 0 Å². The topological polar surface area (TPSA) is 70.7 Å². The summed E-state index contributed by atoms with van der Waals surface area (Å²) < 4.78 is 0. The Balaban J connectivity index is 1.62. The number of amides is 1. The average Bonchev–Trinajstić information content (AvgIpc) is 2.91. The maximum Gasteiger partial charge on any atom is 0.225 e. The Hall–Kier alpha value is -2.40. The van der Waals surface area contributed by atoms with Crippen molar-refractivity contribution in [2.75, 3.05) is 5.32 Å². The van der Waals surface area contributed by atoms with Crippen LogP contribution >= 0.6 is 11.6 Å². The average molecular weight is 301 g/mol. The lowest BCUT2D eigenvalue weighted by atomic mass is 10.1. The molecule has 0 bridgehead atoms. The molecule has 0 unspecified atom stereocenters. The van der Waals surface area contributed by atoms with Gasteiger partial charge in [-0.2, -0.15) is 0 Å². The Bertz CT molecular complexity index is 767. The van der Waals surface area contributed by atoms with Gasteiger partial charge in [0, 0.05) is 23.5 Å². The number of halogens is 1. The number of anilines is 1. The van der Waals surface area contributed by atoms with Crippen molar-refractivity contribution in [1.29, 1.82) is 0 Å². The first-order chi connectivity index (χ1) is 10.2. The summed E-state index contributed by atoms with van der Waals surface area (Å²) in [4.78, 5) is 23.0. The molecule has 1 amide bonds. The summed E-state index contributed by atoms with van der Waals surface area (Å²) >= 11 is 5.64. The van der Waals surface area contributed by atoms with Crippen LogP contribution in [0.3, 0.4) is 0 Å². The van der Waals surface area contributed by atoms with Crippen molar-refractivity contribution in [3.8, 4) is 0 Å². The number of carbonyl (C=O) groups is 1. The van der Waals surface area contributed by atoms with Gasteiger partial charge in [0.05, 0.1) is 12.4 Å². The molecule has 0 radical (unpaired) electrons. The van der Waals surface area contributed by atoms with Crippen LogP contribution in [-0.4, -0.2) is 20.9 Å². The van der Waals surface area contributed by atoms with Crippen LogP contribution in [-0.2, 0) is 11.2 Å². The SMILES string of the molecule is O=C(CCc1c[nH]c2ccccc12)Nc1cnc(Cl)cn1. The second-order valence-corrected chi connectivity index (χ2v) is 5.02. The van der Waals surface area contributed by atoms with E-state index in [1.807, 2.05) is 30.5 Å². The summed E-state index contributed by atoms with van der Waals surface area (Å²) in [6, 6.07) is 8.03. The van der Waals surface area contributed by atoms with Gasteiger partial charge in [-0.25, -0.2) is 9.97 Å². The van der Waals surface area contributed by atoms with E-state index in [2.05, 4.69) is 20.3 Å². The molecule has 2 aromatic heterocycles. The highest BCUT2D eigenvalue weighted by molar-refractivity contribution is 6.29. The van der Waals surface area contributed by atoms with E-state index in [-0.39, 0.29) is 5.91 Å². The Morgan fingerprint density at radius 3 is 2.90 bits per heavy atom. The zero-order valence-electron chi connectivity index (χ0n) is 11.1. The van der Waals surface area contributed by atoms with E-state index in [0.717, 1.165) is 16.5 Å². The van der Waals surface area contributed by atoms with Gasteiger partial charge < -0.3 is 10.3 Å². The van der Waals surface area contributed by atoms with Crippen molar-refractivity contribution < 1.29 is 4.79 Å². The number of carbonyl (C=O) groups excluding carboxylic acids is 1. The quantitative estimate of drug-likeness (QED) is 0.777. The minimum absolute atomic E-state index is 0.100. The van der Waals surface area contributed by atoms with Crippen LogP contribution in [0.15, 0.2) is 42.9 Å². The van der Waals surface area contributed by atoms with Gasteiger partial charge in [-0.15, -0.1) is 0 Å². The molecule has 2 N–H and O–H groups in total. The zero-order chi connectivity index (χ0) is 14.7. The van der Waals surface area contributed by atoms with Crippen molar-refractivity contribution in [3.05, 3.63) is 53.6 Å². The first-order valence-electron chi connectivity index (χ1n) is 6.55. The molecule has 106 valence electrons. The maximum atomic E-state index is 11.9. The lowest BCUT2D eigenvalue weighted by Crippen LogP contribution is -2.13. The van der Waals surface area contributed by atoms with E-state index in [1.54, 1.807) is 0 Å². The molecule has 0 saturated carbocycles. The highest BCUT2D eigenvalue weighted by Crippen LogP contribution is 2.19. The normalized spacial score (nSPS) is 10.7. The number of fused-ring (bicyclic) bond motifs is 1. The largest absolute Gasteiger partial charge is 0.361 e. The second kappa shape index (κ2) is 5.93. The molecule has 3 aromatic rings. The van der Waals surface area contributed by atoms with Crippen molar-refractivity contribution in [2.45, 2.75) is 12.8 Å². The second-order valence-electron chi connectivity index (χ2n) is 4.63. The summed E-state index contributed by atoms with van der Waals surface area (Å²) in [5.41, 5.74) is 2.21. The third-order valence-corrected chi connectivity index (χ3v) is 3.38. The highest BCUT2D eigenvalue weighted by Gasteiger charge is 2.07. The number of nitrogens with zero attached hydrogens (tertiary/aromatic N) is 2. The van der Waals surface area contributed by atoms with Crippen molar-refractivity contribution in [1.82, 2.24) is 15.0 Å². The van der Waals surface area contributed by atoms with E-state index < -0.39 is 0 Å². The molecule has 21 heavy (non-hydrogen) atoms. The predicted molar refractivity (Wildman–Crippen MR) is 82.3 cm³/mol. The fourth-order valence-corrected chi connectivity index (χ4v) is 2.27. The summed E-state index contributed by atoms with van der Waals surface area (Å²) in [5.74, 6) is 0.306. The van der Waals surface area contributed by atoms with Crippen LogP contribution in [0.2, 0.25) is 5.15 Å². The van der Waals surface area contributed by atoms with Gasteiger partial charge in [0.2, 0.25) is 5.91 Å². The van der Waals surface area contributed by atoms with Gasteiger partial charge in [0.25, 0.3) is 0 Å². The van der Waals surface area contributed by atoms with Crippen LogP contribution in [0, 0.1) is 0 Å². The number of para-hydroxylation sites is 1. The smallest absolute Gasteiger partial charge is 0.225 e. The summed E-state index contributed by atoms with van der Waals surface area (Å²) in [6.07, 6.45) is 5.83. The lowest BCUT2D eigenvalue weighted by molar-refractivity contribution is -0.116. The molecule has 0 aliphatic carbocycles. The first-order valence-corrected chi connectivity index (χ1v) is 6.92. The number of aromatic amines is 1. The Morgan fingerprint density at radius 1 is 1.24 bits per heavy atom. The standard InChI is InChI=1S/C15H13ClN4O/c16-13-8-19-14(9-18-13)20-15(21)6-5-10-7-17-12-4-2-1-3-11(10)12/h1-4,7-9,17H,5-6H2,(H,19,20,21). The lowest BCUT2D eigenvalue weighted by Gasteiger charge is -2.03. The Kier molecular flexibility index (Phi) is 3.83. The monoisotopic (exact) mass is 300 g/mol. The number of rotatable bonds is 4. The van der Waals surface area contributed by atoms with Crippen molar-refractivity contribution >= 4 is 34.2 Å². The Morgan fingerprint density at radius 2 is 2.10 bits per heavy atom. The van der Waals surface area contributed by atoms with Crippen molar-refractivity contribution in [3.63, 3.8) is 0 Å². The number of nitrogens with one attached hydrogen (secondary N) is 2. The van der Waals surface area contributed by atoms with Gasteiger partial charge in [-0.05, 0) is 18.1 Å². The maximum absolute atomic E-state index is 11.9. The molecule has 0 aliphatic heterocycles. The van der Waals surface area contributed by atoms with Gasteiger partial charge in [0.1, 0.15) is 5.15 Å². The third kappa shape index (κ3) is 3.20. The van der Waals surface area contributed by atoms with E-state index >= 15 is 0 Å². The molecule has 0 spiro atoms. The van der Waals surface area contributed by atoms with E-state index in [4.69, 9.17) is 11.6 Å². The molecule has 0 aliphatic rings. The summed E-state index contributed by atoms with van der Waals surface area (Å²) in [5, 5.41) is 4.15. The summed E-state index contributed by atoms with van der Waals surface area (Å²) in [7, 11) is 0. The molecule has 0 fully saturated rings. The molecule has 0 atom stereocenters. The fourth-order valence-electron chi connectivity index (χ4n) is 2.17. The third-order valence-electron chi connectivity index (χ3n) is 3.18. The summed E-state index contributed by atoms with van der Waals surface area (Å²) in [6.45, 7) is 0. The molecule has 6 heteroatoms. The number of hydrogen-bond donors (Lipinski definition) is 2. The minimum Gasteiger partial charge on any atom is -0.361 e. The fraction of sp³-hybridized carbons (Fsp3) is 0.133. The first kappa shape index (κ1) is 13.6. The van der Waals surface area contributed by atoms with Gasteiger partial charge in [-0.3, -0.25) is 4.79 Å². The molecule has 2 heterocycles. The van der Waals surface area contributed by atoms with Gasteiger partial charge in [0.15, 0.2) is 5.82 Å². The van der Waals surface area contributed by atoms with Crippen LogP contribution in [0.5, 0.6) is 0 Å². The van der Waals surface area contributed by atoms with E-state index in [0.29, 0.717) is 23.8 Å². The molecular formula is C15H13ClN4O. The molecule has 1 aromatic carbocycles. The number of H-pyrrole nitrogens is 1. The van der Waals surface area contributed by atoms with Gasteiger partial charge in [-0.1, -0.05) is 29.8 Å². The van der Waals surface area contributed by atoms with Crippen LogP contribution in [0.4, 0.5) is 5.82 Å². The van der Waals surface area contributed by atoms with Crippen LogP contribution in [0.25, 0.3) is 10.9 Å². The number of aryl methyl sites for hydroxylation is 1. The van der Waals surface area contributed by atoms with E-state index in [1.165, 1.54) is 12.4 Å². The zero-order valence-corrected chi connectivity index (χ0v) is 11.9. The highest BCUT2D eigenvalue weighted by atomic mass is 35.5. The number of benzene rings is 1. The van der Waals surface area contributed by atoms with E-state index in [9.17, 15) is 4.79 Å². The minimum atomic E-state index is -0.100. The Labute approximate surface area is 126 Å². The van der Waals surface area contributed by atoms with Gasteiger partial charge >= 0.3 is 0 Å². The molecular weight excluding hydrogens is 288 g/mol. The van der Waals surface area contributed by atoms with Crippen LogP contribution in [0.1, 0.15) is 12.0 Å². The predicted octanol–water partition coefficient (Wildman–Crippen LogP) is 3.18.